The highest BCUT2D eigenvalue weighted by Crippen LogP contribution is 2.37. The zero-order valence-electron chi connectivity index (χ0n) is 13.5. The highest BCUT2D eigenvalue weighted by atomic mass is 35.5. The number of amides is 1. The van der Waals surface area contributed by atoms with Crippen molar-refractivity contribution in [1.29, 1.82) is 0 Å². The van der Waals surface area contributed by atoms with Gasteiger partial charge in [-0.3, -0.25) is 4.79 Å². The fraction of sp³-hybridized carbons (Fsp3) is 0.350. The highest BCUT2D eigenvalue weighted by molar-refractivity contribution is 6.30. The molecule has 2 nitrogen and oxygen atoms in total. The number of anilines is 1. The van der Waals surface area contributed by atoms with Crippen molar-refractivity contribution in [3.63, 3.8) is 0 Å². The maximum Gasteiger partial charge on any atom is 0.224 e. The van der Waals surface area contributed by atoms with E-state index >= 15 is 0 Å². The van der Waals surface area contributed by atoms with E-state index in [-0.39, 0.29) is 11.6 Å². The summed E-state index contributed by atoms with van der Waals surface area (Å²) < 4.78 is 13.7. The van der Waals surface area contributed by atoms with E-state index < -0.39 is 5.82 Å². The molecule has 0 radical (unpaired) electrons. The second-order valence-electron chi connectivity index (χ2n) is 6.50. The quantitative estimate of drug-likeness (QED) is 0.747. The zero-order valence-corrected chi connectivity index (χ0v) is 14.2. The van der Waals surface area contributed by atoms with Crippen LogP contribution >= 0.6 is 11.6 Å². The number of nitrogens with one attached hydrogen (secondary N) is 1. The molecule has 0 unspecified atom stereocenters. The normalized spacial score (nSPS) is 20.6. The van der Waals surface area contributed by atoms with Crippen LogP contribution in [0.4, 0.5) is 10.1 Å². The van der Waals surface area contributed by atoms with E-state index in [0.717, 1.165) is 25.7 Å². The third kappa shape index (κ3) is 4.35. The van der Waals surface area contributed by atoms with Crippen molar-refractivity contribution in [2.45, 2.75) is 38.0 Å². The molecule has 1 N–H and O–H groups in total. The largest absolute Gasteiger partial charge is 0.324 e. The molecule has 126 valence electrons. The van der Waals surface area contributed by atoms with Crippen molar-refractivity contribution >= 4 is 23.2 Å². The third-order valence-corrected chi connectivity index (χ3v) is 5.03. The molecule has 3 rings (SSSR count). The lowest BCUT2D eigenvalue weighted by molar-refractivity contribution is -0.117. The summed E-state index contributed by atoms with van der Waals surface area (Å²) >= 11 is 5.72. The molecule has 1 fully saturated rings. The van der Waals surface area contributed by atoms with E-state index in [1.54, 1.807) is 6.07 Å². The number of hydrogen-bond acceptors (Lipinski definition) is 1. The Bertz CT molecular complexity index is 696. The van der Waals surface area contributed by atoms with E-state index in [1.165, 1.54) is 17.7 Å². The van der Waals surface area contributed by atoms with Crippen molar-refractivity contribution in [1.82, 2.24) is 0 Å². The van der Waals surface area contributed by atoms with Crippen LogP contribution in [0.2, 0.25) is 5.02 Å². The first kappa shape index (κ1) is 17.0. The van der Waals surface area contributed by atoms with Gasteiger partial charge in [0.1, 0.15) is 5.82 Å². The van der Waals surface area contributed by atoms with E-state index in [1.807, 2.05) is 6.07 Å². The number of rotatable bonds is 4. The summed E-state index contributed by atoms with van der Waals surface area (Å²) in [5.41, 5.74) is 1.59. The van der Waals surface area contributed by atoms with Crippen LogP contribution in [0.15, 0.2) is 48.5 Å². The Labute approximate surface area is 147 Å². The minimum Gasteiger partial charge on any atom is -0.324 e. The summed E-state index contributed by atoms with van der Waals surface area (Å²) in [4.78, 5) is 12.2. The standard InChI is InChI=1S/C20H21ClFNO/c21-17-10-11-19(18(22)13-17)23-20(24)12-14-6-8-16(9-7-14)15-4-2-1-3-5-15/h1-5,10-11,13-14,16H,6-9,12H2,(H,23,24). The third-order valence-electron chi connectivity index (χ3n) is 4.80. The summed E-state index contributed by atoms with van der Waals surface area (Å²) in [5.74, 6) is 0.350. The second-order valence-corrected chi connectivity index (χ2v) is 6.94. The molecule has 0 bridgehead atoms. The van der Waals surface area contributed by atoms with Crippen LogP contribution in [-0.4, -0.2) is 5.91 Å². The lowest BCUT2D eigenvalue weighted by Crippen LogP contribution is -2.21. The fourth-order valence-electron chi connectivity index (χ4n) is 3.48. The molecule has 0 saturated heterocycles. The highest BCUT2D eigenvalue weighted by Gasteiger charge is 2.24. The lowest BCUT2D eigenvalue weighted by atomic mass is 9.77. The molecule has 2 aromatic rings. The maximum absolute atomic E-state index is 13.7. The van der Waals surface area contributed by atoms with Crippen LogP contribution in [0.1, 0.15) is 43.6 Å². The molecule has 0 spiro atoms. The summed E-state index contributed by atoms with van der Waals surface area (Å²) in [6, 6.07) is 14.8. The monoisotopic (exact) mass is 345 g/mol. The molecule has 2 aromatic carbocycles. The van der Waals surface area contributed by atoms with Gasteiger partial charge in [0.2, 0.25) is 5.91 Å². The Morgan fingerprint density at radius 2 is 1.79 bits per heavy atom. The Kier molecular flexibility index (Phi) is 5.52. The summed E-state index contributed by atoms with van der Waals surface area (Å²) in [6.07, 6.45) is 4.74. The van der Waals surface area contributed by atoms with Gasteiger partial charge in [-0.2, -0.15) is 0 Å². The average Bonchev–Trinajstić information content (AvgIpc) is 2.59. The Morgan fingerprint density at radius 3 is 2.46 bits per heavy atom. The van der Waals surface area contributed by atoms with Crippen LogP contribution in [0.5, 0.6) is 0 Å². The Balaban J connectivity index is 1.50. The maximum atomic E-state index is 13.7. The van der Waals surface area contributed by atoms with Crippen molar-refractivity contribution in [2.75, 3.05) is 5.32 Å². The SMILES string of the molecule is O=C(CC1CCC(c2ccccc2)CC1)Nc1ccc(Cl)cc1F. The Hall–Kier alpha value is -1.87. The number of carbonyl (C=O) groups is 1. The lowest BCUT2D eigenvalue weighted by Gasteiger charge is -2.28. The van der Waals surface area contributed by atoms with Crippen LogP contribution in [0, 0.1) is 11.7 Å². The predicted octanol–water partition coefficient (Wildman–Crippen LogP) is 5.78. The number of halogens is 2. The fourth-order valence-corrected chi connectivity index (χ4v) is 3.64. The molecule has 0 aromatic heterocycles. The smallest absolute Gasteiger partial charge is 0.224 e. The molecule has 4 heteroatoms. The molecule has 0 aliphatic heterocycles. The van der Waals surface area contributed by atoms with Gasteiger partial charge in [0.25, 0.3) is 0 Å². The van der Waals surface area contributed by atoms with E-state index in [0.29, 0.717) is 23.3 Å². The first-order valence-corrected chi connectivity index (χ1v) is 8.79. The molecule has 1 aliphatic carbocycles. The molecular weight excluding hydrogens is 325 g/mol. The van der Waals surface area contributed by atoms with Gasteiger partial charge in [-0.25, -0.2) is 4.39 Å². The number of hydrogen-bond donors (Lipinski definition) is 1. The molecule has 0 atom stereocenters. The zero-order chi connectivity index (χ0) is 16.9. The number of carbonyl (C=O) groups excluding carboxylic acids is 1. The van der Waals surface area contributed by atoms with Crippen molar-refractivity contribution in [3.05, 3.63) is 64.9 Å². The first-order chi connectivity index (χ1) is 11.6. The van der Waals surface area contributed by atoms with Crippen LogP contribution < -0.4 is 5.32 Å². The average molecular weight is 346 g/mol. The van der Waals surface area contributed by atoms with Gasteiger partial charge < -0.3 is 5.32 Å². The van der Waals surface area contributed by atoms with Crippen LogP contribution in [-0.2, 0) is 4.79 Å². The van der Waals surface area contributed by atoms with Gasteiger partial charge in [0.15, 0.2) is 0 Å². The van der Waals surface area contributed by atoms with Gasteiger partial charge in [-0.1, -0.05) is 41.9 Å². The van der Waals surface area contributed by atoms with Crippen molar-refractivity contribution in [3.8, 4) is 0 Å². The molecular formula is C20H21ClFNO. The topological polar surface area (TPSA) is 29.1 Å². The van der Waals surface area contributed by atoms with E-state index in [9.17, 15) is 9.18 Å². The van der Waals surface area contributed by atoms with Gasteiger partial charge in [0.05, 0.1) is 5.69 Å². The van der Waals surface area contributed by atoms with Gasteiger partial charge in [-0.15, -0.1) is 0 Å². The van der Waals surface area contributed by atoms with Crippen LogP contribution in [0.25, 0.3) is 0 Å². The molecule has 0 heterocycles. The predicted molar refractivity (Wildman–Crippen MR) is 95.8 cm³/mol. The van der Waals surface area contributed by atoms with Crippen molar-refractivity contribution in [2.24, 2.45) is 5.92 Å². The molecule has 1 saturated carbocycles. The van der Waals surface area contributed by atoms with Gasteiger partial charge >= 0.3 is 0 Å². The van der Waals surface area contributed by atoms with Crippen LogP contribution in [0.3, 0.4) is 0 Å². The minimum atomic E-state index is -0.497. The Morgan fingerprint density at radius 1 is 1.08 bits per heavy atom. The molecule has 1 aliphatic rings. The number of benzene rings is 2. The van der Waals surface area contributed by atoms with Gasteiger partial charge in [0, 0.05) is 11.4 Å². The molecule has 1 amide bonds. The molecule has 24 heavy (non-hydrogen) atoms. The van der Waals surface area contributed by atoms with E-state index in [2.05, 4.69) is 29.6 Å². The first-order valence-electron chi connectivity index (χ1n) is 8.41. The summed E-state index contributed by atoms with van der Waals surface area (Å²) in [6.45, 7) is 0. The minimum absolute atomic E-state index is 0.126. The van der Waals surface area contributed by atoms with E-state index in [4.69, 9.17) is 11.6 Å². The summed E-state index contributed by atoms with van der Waals surface area (Å²) in [5, 5.41) is 2.98. The summed E-state index contributed by atoms with van der Waals surface area (Å²) in [7, 11) is 0. The van der Waals surface area contributed by atoms with Crippen molar-refractivity contribution < 1.29 is 9.18 Å². The van der Waals surface area contributed by atoms with Gasteiger partial charge in [-0.05, 0) is 61.3 Å². The second kappa shape index (κ2) is 7.80.